The van der Waals surface area contributed by atoms with Gasteiger partial charge in [0.1, 0.15) is 5.69 Å². The molecular weight excluding hydrogens is 412 g/mol. The Morgan fingerprint density at radius 2 is 1.70 bits per heavy atom. The van der Waals surface area contributed by atoms with Crippen LogP contribution in [0.15, 0.2) is 60.8 Å². The van der Waals surface area contributed by atoms with Crippen molar-refractivity contribution in [3.63, 3.8) is 0 Å². The molecular formula is C27H32N4O2. The predicted molar refractivity (Wildman–Crippen MR) is 130 cm³/mol. The maximum atomic E-state index is 13.6. The first-order valence-corrected chi connectivity index (χ1v) is 11.8. The van der Waals surface area contributed by atoms with Crippen molar-refractivity contribution in [2.45, 2.75) is 46.1 Å². The molecule has 3 aromatic rings. The predicted octanol–water partition coefficient (Wildman–Crippen LogP) is 4.48. The van der Waals surface area contributed by atoms with E-state index in [4.69, 9.17) is 5.10 Å². The van der Waals surface area contributed by atoms with Crippen LogP contribution >= 0.6 is 0 Å². The monoisotopic (exact) mass is 444 g/mol. The van der Waals surface area contributed by atoms with Gasteiger partial charge in [0.15, 0.2) is 0 Å². The summed E-state index contributed by atoms with van der Waals surface area (Å²) in [5, 5.41) is 7.80. The molecule has 1 fully saturated rings. The molecule has 0 radical (unpaired) electrons. The Morgan fingerprint density at radius 3 is 2.30 bits per heavy atom. The number of carbonyl (C=O) groups is 2. The van der Waals surface area contributed by atoms with E-state index in [2.05, 4.69) is 24.4 Å². The van der Waals surface area contributed by atoms with Gasteiger partial charge in [0.25, 0.3) is 5.91 Å². The highest BCUT2D eigenvalue weighted by Gasteiger charge is 2.30. The Hall–Kier alpha value is -3.41. The first-order valence-electron chi connectivity index (χ1n) is 11.8. The molecule has 0 saturated carbocycles. The van der Waals surface area contributed by atoms with Crippen molar-refractivity contribution < 1.29 is 9.59 Å². The van der Waals surface area contributed by atoms with Crippen LogP contribution in [0.1, 0.15) is 49.5 Å². The lowest BCUT2D eigenvalue weighted by Gasteiger charge is -2.31. The molecule has 2 amide bonds. The zero-order valence-electron chi connectivity index (χ0n) is 19.6. The Morgan fingerprint density at radius 1 is 1.03 bits per heavy atom. The number of benzene rings is 2. The third-order valence-corrected chi connectivity index (χ3v) is 6.18. The van der Waals surface area contributed by atoms with Crippen LogP contribution < -0.4 is 5.32 Å². The highest BCUT2D eigenvalue weighted by Crippen LogP contribution is 2.27. The topological polar surface area (TPSA) is 67.2 Å². The zero-order chi connectivity index (χ0) is 23.4. The van der Waals surface area contributed by atoms with Crippen LogP contribution in [0.25, 0.3) is 16.9 Å². The van der Waals surface area contributed by atoms with Gasteiger partial charge in [-0.05, 0) is 50.8 Å². The van der Waals surface area contributed by atoms with Crippen LogP contribution in [0.2, 0.25) is 0 Å². The normalized spacial score (nSPS) is 14.5. The maximum Gasteiger partial charge on any atom is 0.257 e. The molecule has 172 valence electrons. The minimum atomic E-state index is -0.0375. The first-order chi connectivity index (χ1) is 16.0. The lowest BCUT2D eigenvalue weighted by atomic mass is 9.95. The summed E-state index contributed by atoms with van der Waals surface area (Å²) in [4.78, 5) is 27.8. The number of carbonyl (C=O) groups excluding carboxylic acids is 2. The van der Waals surface area contributed by atoms with Gasteiger partial charge in [0.2, 0.25) is 5.91 Å². The number of piperidine rings is 1. The van der Waals surface area contributed by atoms with E-state index in [1.807, 2.05) is 67.4 Å². The average Bonchev–Trinajstić information content (AvgIpc) is 3.29. The summed E-state index contributed by atoms with van der Waals surface area (Å²) in [7, 11) is 0. The van der Waals surface area contributed by atoms with E-state index in [1.54, 1.807) is 4.68 Å². The van der Waals surface area contributed by atoms with E-state index < -0.39 is 0 Å². The minimum absolute atomic E-state index is 0.0329. The van der Waals surface area contributed by atoms with Crippen LogP contribution in [-0.4, -0.2) is 45.6 Å². The van der Waals surface area contributed by atoms with Crippen molar-refractivity contribution in [2.75, 3.05) is 13.1 Å². The number of rotatable bonds is 6. The average molecular weight is 445 g/mol. The molecule has 0 aliphatic carbocycles. The number of amides is 2. The van der Waals surface area contributed by atoms with Crippen LogP contribution in [0.3, 0.4) is 0 Å². The number of likely N-dealkylation sites (tertiary alicyclic amines) is 1. The van der Waals surface area contributed by atoms with Crippen molar-refractivity contribution in [3.05, 3.63) is 71.9 Å². The van der Waals surface area contributed by atoms with Gasteiger partial charge in [0, 0.05) is 36.8 Å². The second kappa shape index (κ2) is 10.0. The van der Waals surface area contributed by atoms with Crippen molar-refractivity contribution in [1.82, 2.24) is 20.0 Å². The molecule has 6 nitrogen and oxygen atoms in total. The van der Waals surface area contributed by atoms with Crippen LogP contribution in [0, 0.1) is 5.92 Å². The molecule has 0 atom stereocenters. The highest BCUT2D eigenvalue weighted by molar-refractivity contribution is 6.00. The van der Waals surface area contributed by atoms with Gasteiger partial charge in [-0.25, -0.2) is 4.68 Å². The van der Waals surface area contributed by atoms with Gasteiger partial charge in [-0.15, -0.1) is 0 Å². The first kappa shape index (κ1) is 22.8. The number of hydrogen-bond donors (Lipinski definition) is 1. The van der Waals surface area contributed by atoms with E-state index in [-0.39, 0.29) is 23.8 Å². The molecule has 0 unspecified atom stereocenters. The Kier molecular flexibility index (Phi) is 6.92. The molecule has 1 aliphatic heterocycles. The standard InChI is InChI=1S/C27H32N4O2/c1-4-20-10-12-21(13-11-20)25-24(18-31(29-25)23-8-6-5-7-9-23)27(33)30-16-14-22(15-17-30)26(32)28-19(2)3/h5-13,18-19,22H,4,14-17H2,1-3H3,(H,28,32). The van der Waals surface area contributed by atoms with Crippen LogP contribution in [0.5, 0.6) is 0 Å². The summed E-state index contributed by atoms with van der Waals surface area (Å²) in [6.45, 7) is 7.20. The zero-order valence-corrected chi connectivity index (χ0v) is 19.6. The molecule has 1 aromatic heterocycles. The van der Waals surface area contributed by atoms with E-state index in [1.165, 1.54) is 5.56 Å². The molecule has 0 bridgehead atoms. The Balaban J connectivity index is 1.60. The molecule has 33 heavy (non-hydrogen) atoms. The quantitative estimate of drug-likeness (QED) is 0.610. The van der Waals surface area contributed by atoms with Gasteiger partial charge in [0.05, 0.1) is 11.3 Å². The third kappa shape index (κ3) is 5.16. The molecule has 1 saturated heterocycles. The lowest BCUT2D eigenvalue weighted by Crippen LogP contribution is -2.44. The molecule has 2 aromatic carbocycles. The number of aryl methyl sites for hydroxylation is 1. The maximum absolute atomic E-state index is 13.6. The summed E-state index contributed by atoms with van der Waals surface area (Å²) in [6, 6.07) is 18.2. The number of nitrogens with zero attached hydrogens (tertiary/aromatic N) is 3. The molecule has 1 aliphatic rings. The van der Waals surface area contributed by atoms with Crippen molar-refractivity contribution >= 4 is 11.8 Å². The van der Waals surface area contributed by atoms with E-state index >= 15 is 0 Å². The fraction of sp³-hybridized carbons (Fsp3) is 0.370. The number of para-hydroxylation sites is 1. The van der Waals surface area contributed by atoms with Gasteiger partial charge in [-0.3, -0.25) is 9.59 Å². The summed E-state index contributed by atoms with van der Waals surface area (Å²) >= 11 is 0. The van der Waals surface area contributed by atoms with Gasteiger partial charge in [-0.2, -0.15) is 5.10 Å². The number of aromatic nitrogens is 2. The van der Waals surface area contributed by atoms with Crippen LogP contribution in [0.4, 0.5) is 0 Å². The number of hydrogen-bond acceptors (Lipinski definition) is 3. The molecule has 2 heterocycles. The lowest BCUT2D eigenvalue weighted by molar-refractivity contribution is -0.126. The van der Waals surface area contributed by atoms with E-state index in [0.717, 1.165) is 17.7 Å². The third-order valence-electron chi connectivity index (χ3n) is 6.18. The smallest absolute Gasteiger partial charge is 0.257 e. The molecule has 6 heteroatoms. The van der Waals surface area contributed by atoms with E-state index in [0.29, 0.717) is 37.2 Å². The van der Waals surface area contributed by atoms with Crippen molar-refractivity contribution in [2.24, 2.45) is 5.92 Å². The second-order valence-corrected chi connectivity index (χ2v) is 8.95. The van der Waals surface area contributed by atoms with Crippen molar-refractivity contribution in [1.29, 1.82) is 0 Å². The van der Waals surface area contributed by atoms with Gasteiger partial charge in [-0.1, -0.05) is 49.4 Å². The molecule has 4 rings (SSSR count). The van der Waals surface area contributed by atoms with Gasteiger partial charge < -0.3 is 10.2 Å². The summed E-state index contributed by atoms with van der Waals surface area (Å²) < 4.78 is 1.78. The fourth-order valence-electron chi connectivity index (χ4n) is 4.27. The molecule has 0 spiro atoms. The SMILES string of the molecule is CCc1ccc(-c2nn(-c3ccccc3)cc2C(=O)N2CCC(C(=O)NC(C)C)CC2)cc1. The molecule has 1 N–H and O–H groups in total. The Labute approximate surface area is 195 Å². The second-order valence-electron chi connectivity index (χ2n) is 8.95. The minimum Gasteiger partial charge on any atom is -0.354 e. The highest BCUT2D eigenvalue weighted by atomic mass is 16.2. The van der Waals surface area contributed by atoms with E-state index in [9.17, 15) is 9.59 Å². The summed E-state index contributed by atoms with van der Waals surface area (Å²) in [5.74, 6) is 0.0183. The summed E-state index contributed by atoms with van der Waals surface area (Å²) in [6.07, 6.45) is 4.15. The fourth-order valence-corrected chi connectivity index (χ4v) is 4.27. The van der Waals surface area contributed by atoms with Crippen LogP contribution in [-0.2, 0) is 11.2 Å². The van der Waals surface area contributed by atoms with Gasteiger partial charge >= 0.3 is 0 Å². The largest absolute Gasteiger partial charge is 0.354 e. The summed E-state index contributed by atoms with van der Waals surface area (Å²) in [5.41, 5.74) is 4.36. The number of nitrogens with one attached hydrogen (secondary N) is 1. The Bertz CT molecular complexity index is 1090. The van der Waals surface area contributed by atoms with Crippen molar-refractivity contribution in [3.8, 4) is 16.9 Å².